The van der Waals surface area contributed by atoms with Gasteiger partial charge in [0.2, 0.25) is 0 Å². The van der Waals surface area contributed by atoms with Gasteiger partial charge in [-0.2, -0.15) is 0 Å². The van der Waals surface area contributed by atoms with Crippen molar-refractivity contribution in [3.05, 3.63) is 36.0 Å². The molecule has 1 aromatic carbocycles. The summed E-state index contributed by atoms with van der Waals surface area (Å²) in [6.45, 7) is 11.7. The van der Waals surface area contributed by atoms with Gasteiger partial charge in [-0.1, -0.05) is 46.0 Å². The largest absolute Gasteiger partial charge is 0.374 e. The summed E-state index contributed by atoms with van der Waals surface area (Å²) < 4.78 is 2.41. The van der Waals surface area contributed by atoms with E-state index in [2.05, 4.69) is 56.4 Å². The summed E-state index contributed by atoms with van der Waals surface area (Å²) in [6.07, 6.45) is 3.09. The lowest BCUT2D eigenvalue weighted by Crippen LogP contribution is -2.44. The lowest BCUT2D eigenvalue weighted by molar-refractivity contribution is 0.112. The van der Waals surface area contributed by atoms with Crippen LogP contribution < -0.4 is 0 Å². The molecule has 0 amide bonds. The highest BCUT2D eigenvalue weighted by atomic mass is 28.3. The second kappa shape index (κ2) is 4.09. The Bertz CT molecular complexity index is 590. The van der Waals surface area contributed by atoms with Gasteiger partial charge >= 0.3 is 0 Å². The van der Waals surface area contributed by atoms with E-state index in [1.165, 1.54) is 5.52 Å². The molecule has 18 heavy (non-hydrogen) atoms. The Hall–Kier alpha value is -1.35. The molecule has 0 radical (unpaired) electrons. The summed E-state index contributed by atoms with van der Waals surface area (Å²) in [5.74, 6) is 0. The van der Waals surface area contributed by atoms with E-state index < -0.39 is 8.24 Å². The number of hydrogen-bond acceptors (Lipinski definition) is 1. The molecular weight excluding hydrogens is 238 g/mol. The molecule has 0 unspecified atom stereocenters. The van der Waals surface area contributed by atoms with Gasteiger partial charge in [0, 0.05) is 16.5 Å². The predicted molar refractivity (Wildman–Crippen MR) is 79.9 cm³/mol. The Morgan fingerprint density at radius 1 is 1.17 bits per heavy atom. The van der Waals surface area contributed by atoms with Crippen molar-refractivity contribution in [3.63, 3.8) is 0 Å². The second-order valence-corrected chi connectivity index (χ2v) is 11.5. The topological polar surface area (TPSA) is 22.0 Å². The van der Waals surface area contributed by atoms with Crippen LogP contribution in [0, 0.1) is 0 Å². The summed E-state index contributed by atoms with van der Waals surface area (Å²) in [4.78, 5) is 11.1. The number of carbonyl (C=O) groups excluding carboxylic acids is 1. The van der Waals surface area contributed by atoms with Crippen molar-refractivity contribution in [2.24, 2.45) is 0 Å². The van der Waals surface area contributed by atoms with Gasteiger partial charge in [0.25, 0.3) is 0 Å². The van der Waals surface area contributed by atoms with Crippen LogP contribution in [0.1, 0.15) is 31.1 Å². The molecule has 96 valence electrons. The van der Waals surface area contributed by atoms with E-state index in [4.69, 9.17) is 0 Å². The van der Waals surface area contributed by atoms with Gasteiger partial charge in [0.1, 0.15) is 0 Å². The Labute approximate surface area is 110 Å². The summed E-state index contributed by atoms with van der Waals surface area (Å²) in [5, 5.41) is 1.34. The first-order valence-electron chi connectivity index (χ1n) is 6.35. The first-order valence-corrected chi connectivity index (χ1v) is 9.29. The standard InChI is InChI=1S/C15H21NOSi/c1-15(2,3)18(4,5)16-10-9-13-12(11-17)7-6-8-14(13)16/h6-11H,1-5H3. The Morgan fingerprint density at radius 2 is 1.83 bits per heavy atom. The number of aromatic nitrogens is 1. The SMILES string of the molecule is CC(C)(C)[Si](C)(C)n1ccc2c(C=O)cccc21. The van der Waals surface area contributed by atoms with Gasteiger partial charge in [-0.3, -0.25) is 4.79 Å². The van der Waals surface area contributed by atoms with E-state index in [1.807, 2.05) is 12.1 Å². The van der Waals surface area contributed by atoms with Crippen molar-refractivity contribution < 1.29 is 4.79 Å². The molecule has 0 N–H and O–H groups in total. The van der Waals surface area contributed by atoms with Crippen LogP contribution in [0.4, 0.5) is 0 Å². The molecule has 0 aliphatic rings. The summed E-state index contributed by atoms with van der Waals surface area (Å²) in [7, 11) is -1.63. The zero-order valence-electron chi connectivity index (χ0n) is 11.8. The van der Waals surface area contributed by atoms with Crippen molar-refractivity contribution in [1.82, 2.24) is 4.23 Å². The molecule has 0 fully saturated rings. The highest BCUT2D eigenvalue weighted by molar-refractivity contribution is 6.79. The van der Waals surface area contributed by atoms with Crippen LogP contribution in [-0.4, -0.2) is 18.8 Å². The Morgan fingerprint density at radius 3 is 2.39 bits per heavy atom. The first kappa shape index (κ1) is 13.1. The van der Waals surface area contributed by atoms with Gasteiger partial charge in [-0.25, -0.2) is 0 Å². The highest BCUT2D eigenvalue weighted by Crippen LogP contribution is 2.39. The van der Waals surface area contributed by atoms with Crippen LogP contribution in [-0.2, 0) is 0 Å². The number of carbonyl (C=O) groups is 1. The minimum atomic E-state index is -1.63. The van der Waals surface area contributed by atoms with Crippen molar-refractivity contribution in [2.75, 3.05) is 0 Å². The second-order valence-electron chi connectivity index (χ2n) is 6.39. The Kier molecular flexibility index (Phi) is 2.97. The molecule has 2 rings (SSSR count). The normalized spacial score (nSPS) is 12.9. The zero-order valence-corrected chi connectivity index (χ0v) is 12.8. The van der Waals surface area contributed by atoms with Gasteiger partial charge in [0.15, 0.2) is 14.5 Å². The number of fused-ring (bicyclic) bond motifs is 1. The van der Waals surface area contributed by atoms with E-state index in [9.17, 15) is 4.79 Å². The van der Waals surface area contributed by atoms with Crippen LogP contribution >= 0.6 is 0 Å². The third-order valence-electron chi connectivity index (χ3n) is 4.33. The summed E-state index contributed by atoms with van der Waals surface area (Å²) >= 11 is 0. The molecule has 1 aromatic heterocycles. The lowest BCUT2D eigenvalue weighted by Gasteiger charge is -2.38. The monoisotopic (exact) mass is 259 g/mol. The molecule has 3 heteroatoms. The smallest absolute Gasteiger partial charge is 0.161 e. The molecule has 0 aliphatic heterocycles. The fraction of sp³-hybridized carbons (Fsp3) is 0.400. The molecule has 0 atom stereocenters. The van der Waals surface area contributed by atoms with E-state index in [0.717, 1.165) is 17.2 Å². The molecule has 0 saturated carbocycles. The number of aldehydes is 1. The van der Waals surface area contributed by atoms with Gasteiger partial charge in [-0.15, -0.1) is 0 Å². The third kappa shape index (κ3) is 1.83. The minimum absolute atomic E-state index is 0.274. The van der Waals surface area contributed by atoms with E-state index >= 15 is 0 Å². The highest BCUT2D eigenvalue weighted by Gasteiger charge is 2.38. The molecule has 1 heterocycles. The van der Waals surface area contributed by atoms with Crippen LogP contribution in [0.2, 0.25) is 18.1 Å². The maximum absolute atomic E-state index is 11.1. The van der Waals surface area contributed by atoms with Crippen LogP contribution in [0.25, 0.3) is 10.9 Å². The van der Waals surface area contributed by atoms with Crippen LogP contribution in [0.5, 0.6) is 0 Å². The van der Waals surface area contributed by atoms with Gasteiger partial charge < -0.3 is 4.23 Å². The van der Waals surface area contributed by atoms with Crippen molar-refractivity contribution in [1.29, 1.82) is 0 Å². The van der Waals surface area contributed by atoms with E-state index in [1.54, 1.807) is 0 Å². The number of hydrogen-bond donors (Lipinski definition) is 0. The number of rotatable bonds is 2. The van der Waals surface area contributed by atoms with Crippen LogP contribution in [0.3, 0.4) is 0 Å². The van der Waals surface area contributed by atoms with Gasteiger partial charge in [0.05, 0.1) is 0 Å². The van der Waals surface area contributed by atoms with E-state index in [-0.39, 0.29) is 5.04 Å². The lowest BCUT2D eigenvalue weighted by atomic mass is 10.1. The maximum Gasteiger partial charge on any atom is 0.161 e. The molecule has 0 spiro atoms. The van der Waals surface area contributed by atoms with Crippen molar-refractivity contribution in [3.8, 4) is 0 Å². The molecule has 0 saturated heterocycles. The van der Waals surface area contributed by atoms with Crippen molar-refractivity contribution >= 4 is 25.4 Å². The predicted octanol–water partition coefficient (Wildman–Crippen LogP) is 4.31. The summed E-state index contributed by atoms with van der Waals surface area (Å²) in [5.41, 5.74) is 1.97. The molecule has 0 bridgehead atoms. The molecule has 2 nitrogen and oxygen atoms in total. The fourth-order valence-electron chi connectivity index (χ4n) is 2.14. The van der Waals surface area contributed by atoms with E-state index in [0.29, 0.717) is 0 Å². The maximum atomic E-state index is 11.1. The summed E-state index contributed by atoms with van der Waals surface area (Å²) in [6, 6.07) is 8.03. The zero-order chi connectivity index (χ0) is 13.6. The molecular formula is C15H21NOSi. The van der Waals surface area contributed by atoms with Crippen LogP contribution in [0.15, 0.2) is 30.5 Å². The minimum Gasteiger partial charge on any atom is -0.374 e. The quantitative estimate of drug-likeness (QED) is 0.582. The Balaban J connectivity index is 2.71. The average molecular weight is 259 g/mol. The number of nitrogens with zero attached hydrogens (tertiary/aromatic N) is 1. The van der Waals surface area contributed by atoms with Gasteiger partial charge in [-0.05, 0) is 23.4 Å². The van der Waals surface area contributed by atoms with Crippen molar-refractivity contribution in [2.45, 2.75) is 38.9 Å². The third-order valence-corrected chi connectivity index (χ3v) is 9.60. The molecule has 2 aromatic rings. The average Bonchev–Trinajstić information content (AvgIpc) is 2.71. The fourth-order valence-corrected chi connectivity index (χ4v) is 4.11. The number of benzene rings is 1. The first-order chi connectivity index (χ1) is 8.29. The molecule has 0 aliphatic carbocycles.